The SMILES string of the molecule is CC(C)(C)NC(=O)CCOc1ccc(N)cc1. The first kappa shape index (κ1) is 13.4. The minimum Gasteiger partial charge on any atom is -0.493 e. The first-order chi connectivity index (χ1) is 7.87. The highest BCUT2D eigenvalue weighted by Crippen LogP contribution is 2.13. The number of rotatable bonds is 4. The first-order valence-electron chi connectivity index (χ1n) is 5.66. The second kappa shape index (κ2) is 5.57. The summed E-state index contributed by atoms with van der Waals surface area (Å²) in [7, 11) is 0. The number of amides is 1. The molecular formula is C13H20N2O2. The molecule has 0 saturated carbocycles. The lowest BCUT2D eigenvalue weighted by Crippen LogP contribution is -2.41. The van der Waals surface area contributed by atoms with E-state index in [-0.39, 0.29) is 11.4 Å². The molecule has 0 aliphatic heterocycles. The topological polar surface area (TPSA) is 64.3 Å². The third-order valence-corrected chi connectivity index (χ3v) is 1.99. The molecule has 0 bridgehead atoms. The molecule has 1 rings (SSSR count). The van der Waals surface area contributed by atoms with Crippen molar-refractivity contribution in [3.8, 4) is 5.75 Å². The van der Waals surface area contributed by atoms with Crippen molar-refractivity contribution in [3.63, 3.8) is 0 Å². The molecule has 1 aromatic carbocycles. The summed E-state index contributed by atoms with van der Waals surface area (Å²) in [6.07, 6.45) is 0.349. The maximum absolute atomic E-state index is 11.5. The predicted octanol–water partition coefficient (Wildman–Crippen LogP) is 1.95. The summed E-state index contributed by atoms with van der Waals surface area (Å²) in [4.78, 5) is 11.5. The van der Waals surface area contributed by atoms with Crippen LogP contribution < -0.4 is 15.8 Å². The van der Waals surface area contributed by atoms with Gasteiger partial charge in [-0.25, -0.2) is 0 Å². The number of hydrogen-bond acceptors (Lipinski definition) is 3. The molecule has 0 saturated heterocycles. The largest absolute Gasteiger partial charge is 0.493 e. The van der Waals surface area contributed by atoms with Gasteiger partial charge in [-0.1, -0.05) is 0 Å². The summed E-state index contributed by atoms with van der Waals surface area (Å²) in [5.41, 5.74) is 6.05. The molecule has 0 aliphatic rings. The minimum absolute atomic E-state index is 0.00653. The zero-order valence-electron chi connectivity index (χ0n) is 10.6. The Labute approximate surface area is 102 Å². The van der Waals surface area contributed by atoms with Gasteiger partial charge in [0, 0.05) is 11.2 Å². The number of nitrogens with one attached hydrogen (secondary N) is 1. The molecular weight excluding hydrogens is 216 g/mol. The molecule has 1 amide bonds. The van der Waals surface area contributed by atoms with E-state index in [0.29, 0.717) is 18.7 Å². The second-order valence-corrected chi connectivity index (χ2v) is 4.97. The second-order valence-electron chi connectivity index (χ2n) is 4.97. The molecule has 0 aliphatic carbocycles. The summed E-state index contributed by atoms with van der Waals surface area (Å²) >= 11 is 0. The monoisotopic (exact) mass is 236 g/mol. The van der Waals surface area contributed by atoms with Crippen LogP contribution in [0.15, 0.2) is 24.3 Å². The number of carbonyl (C=O) groups excluding carboxylic acids is 1. The van der Waals surface area contributed by atoms with Crippen LogP contribution in [-0.2, 0) is 4.79 Å². The first-order valence-corrected chi connectivity index (χ1v) is 5.66. The summed E-state index contributed by atoms with van der Waals surface area (Å²) in [6.45, 7) is 6.22. The highest BCUT2D eigenvalue weighted by molar-refractivity contribution is 5.76. The minimum atomic E-state index is -0.196. The van der Waals surface area contributed by atoms with Crippen molar-refractivity contribution in [3.05, 3.63) is 24.3 Å². The van der Waals surface area contributed by atoms with Crippen LogP contribution in [0.3, 0.4) is 0 Å². The van der Waals surface area contributed by atoms with Crippen LogP contribution in [0.2, 0.25) is 0 Å². The van der Waals surface area contributed by atoms with E-state index >= 15 is 0 Å². The quantitative estimate of drug-likeness (QED) is 0.785. The lowest BCUT2D eigenvalue weighted by molar-refractivity contribution is -0.122. The average molecular weight is 236 g/mol. The van der Waals surface area contributed by atoms with Gasteiger partial charge in [-0.05, 0) is 45.0 Å². The Hall–Kier alpha value is -1.71. The molecule has 1 aromatic rings. The third kappa shape index (κ3) is 5.80. The lowest BCUT2D eigenvalue weighted by Gasteiger charge is -2.20. The number of anilines is 1. The molecule has 4 heteroatoms. The summed E-state index contributed by atoms with van der Waals surface area (Å²) in [5.74, 6) is 0.718. The molecule has 0 aromatic heterocycles. The summed E-state index contributed by atoms with van der Waals surface area (Å²) in [5, 5.41) is 2.88. The molecule has 0 heterocycles. The van der Waals surface area contributed by atoms with E-state index in [0.717, 1.165) is 5.75 Å². The van der Waals surface area contributed by atoms with Gasteiger partial charge in [0.15, 0.2) is 0 Å². The number of nitrogens with two attached hydrogens (primary N) is 1. The highest BCUT2D eigenvalue weighted by Gasteiger charge is 2.13. The molecule has 0 radical (unpaired) electrons. The normalized spacial score (nSPS) is 11.0. The van der Waals surface area contributed by atoms with Crippen molar-refractivity contribution < 1.29 is 9.53 Å². The van der Waals surface area contributed by atoms with Crippen molar-refractivity contribution in [2.75, 3.05) is 12.3 Å². The van der Waals surface area contributed by atoms with Gasteiger partial charge in [0.25, 0.3) is 0 Å². The van der Waals surface area contributed by atoms with Crippen molar-refractivity contribution in [1.82, 2.24) is 5.32 Å². The standard InChI is InChI=1S/C13H20N2O2/c1-13(2,3)15-12(16)8-9-17-11-6-4-10(14)5-7-11/h4-7H,8-9,14H2,1-3H3,(H,15,16). The van der Waals surface area contributed by atoms with Crippen molar-refractivity contribution in [1.29, 1.82) is 0 Å². The molecule has 3 N–H and O–H groups in total. The Balaban J connectivity index is 2.28. The van der Waals surface area contributed by atoms with Gasteiger partial charge in [0.05, 0.1) is 13.0 Å². The Morgan fingerprint density at radius 3 is 2.41 bits per heavy atom. The molecule has 0 spiro atoms. The van der Waals surface area contributed by atoms with E-state index in [2.05, 4.69) is 5.32 Å². The van der Waals surface area contributed by atoms with Gasteiger partial charge in [0.2, 0.25) is 5.91 Å². The molecule has 0 atom stereocenters. The average Bonchev–Trinajstić information content (AvgIpc) is 2.18. The van der Waals surface area contributed by atoms with E-state index < -0.39 is 0 Å². The summed E-state index contributed by atoms with van der Waals surface area (Å²) in [6, 6.07) is 7.11. The Bertz CT molecular complexity index is 366. The number of ether oxygens (including phenoxy) is 1. The van der Waals surface area contributed by atoms with Crippen LogP contribution in [0, 0.1) is 0 Å². The Kier molecular flexibility index (Phi) is 4.37. The van der Waals surface area contributed by atoms with Gasteiger partial charge in [-0.15, -0.1) is 0 Å². The lowest BCUT2D eigenvalue weighted by atomic mass is 10.1. The maximum atomic E-state index is 11.5. The maximum Gasteiger partial charge on any atom is 0.223 e. The van der Waals surface area contributed by atoms with E-state index in [1.165, 1.54) is 0 Å². The van der Waals surface area contributed by atoms with Crippen LogP contribution in [0.4, 0.5) is 5.69 Å². The molecule has 0 fully saturated rings. The van der Waals surface area contributed by atoms with Gasteiger partial charge in [-0.3, -0.25) is 4.79 Å². The zero-order chi connectivity index (χ0) is 12.9. The van der Waals surface area contributed by atoms with E-state index in [1.807, 2.05) is 20.8 Å². The van der Waals surface area contributed by atoms with Gasteiger partial charge in [-0.2, -0.15) is 0 Å². The van der Waals surface area contributed by atoms with Gasteiger partial charge in [0.1, 0.15) is 5.75 Å². The number of hydrogen-bond donors (Lipinski definition) is 2. The third-order valence-electron chi connectivity index (χ3n) is 1.99. The van der Waals surface area contributed by atoms with E-state index in [1.54, 1.807) is 24.3 Å². The van der Waals surface area contributed by atoms with Crippen LogP contribution in [0.1, 0.15) is 27.2 Å². The van der Waals surface area contributed by atoms with E-state index in [4.69, 9.17) is 10.5 Å². The fraction of sp³-hybridized carbons (Fsp3) is 0.462. The van der Waals surface area contributed by atoms with Gasteiger partial charge >= 0.3 is 0 Å². The van der Waals surface area contributed by atoms with Crippen molar-refractivity contribution >= 4 is 11.6 Å². The van der Waals surface area contributed by atoms with Gasteiger partial charge < -0.3 is 15.8 Å². The Morgan fingerprint density at radius 1 is 1.29 bits per heavy atom. The number of carbonyl (C=O) groups is 1. The fourth-order valence-electron chi connectivity index (χ4n) is 1.31. The Morgan fingerprint density at radius 2 is 1.88 bits per heavy atom. The van der Waals surface area contributed by atoms with Crippen LogP contribution >= 0.6 is 0 Å². The molecule has 94 valence electrons. The molecule has 4 nitrogen and oxygen atoms in total. The summed E-state index contributed by atoms with van der Waals surface area (Å²) < 4.78 is 5.43. The number of nitrogen functional groups attached to an aromatic ring is 1. The van der Waals surface area contributed by atoms with Crippen LogP contribution in [0.5, 0.6) is 5.75 Å². The van der Waals surface area contributed by atoms with E-state index in [9.17, 15) is 4.79 Å². The predicted molar refractivity (Wildman–Crippen MR) is 68.9 cm³/mol. The van der Waals surface area contributed by atoms with Crippen LogP contribution in [-0.4, -0.2) is 18.1 Å². The fourth-order valence-corrected chi connectivity index (χ4v) is 1.31. The molecule has 0 unspecified atom stereocenters. The van der Waals surface area contributed by atoms with Crippen molar-refractivity contribution in [2.24, 2.45) is 0 Å². The smallest absolute Gasteiger partial charge is 0.223 e. The van der Waals surface area contributed by atoms with Crippen molar-refractivity contribution in [2.45, 2.75) is 32.7 Å². The highest BCUT2D eigenvalue weighted by atomic mass is 16.5. The molecule has 17 heavy (non-hydrogen) atoms. The van der Waals surface area contributed by atoms with Crippen LogP contribution in [0.25, 0.3) is 0 Å². The number of benzene rings is 1. The zero-order valence-corrected chi connectivity index (χ0v) is 10.6.